The van der Waals surface area contributed by atoms with E-state index in [0.717, 1.165) is 48.4 Å². The van der Waals surface area contributed by atoms with E-state index in [2.05, 4.69) is 32.3 Å². The lowest BCUT2D eigenvalue weighted by Gasteiger charge is -2.28. The van der Waals surface area contributed by atoms with Gasteiger partial charge in [-0.1, -0.05) is 0 Å². The van der Waals surface area contributed by atoms with Crippen LogP contribution in [0.5, 0.6) is 5.75 Å². The summed E-state index contributed by atoms with van der Waals surface area (Å²) in [5.74, 6) is 0.775. The lowest BCUT2D eigenvalue weighted by atomic mass is 10.1. The van der Waals surface area contributed by atoms with E-state index in [1.807, 2.05) is 36.1 Å². The molecule has 2 aromatic heterocycles. The van der Waals surface area contributed by atoms with Crippen LogP contribution < -0.4 is 5.32 Å². The fourth-order valence-corrected chi connectivity index (χ4v) is 3.40. The Morgan fingerprint density at radius 3 is 2.59 bits per heavy atom. The Hall–Kier alpha value is -2.93. The number of hydrogen-bond donors (Lipinski definition) is 2. The first-order valence-electron chi connectivity index (χ1n) is 9.21. The molecule has 0 amide bonds. The quantitative estimate of drug-likeness (QED) is 0.739. The maximum absolute atomic E-state index is 9.49. The topological polar surface area (TPSA) is 79.1 Å². The third-order valence-corrected chi connectivity index (χ3v) is 5.03. The van der Waals surface area contributed by atoms with Crippen LogP contribution in [0.3, 0.4) is 0 Å². The number of nitrogens with one attached hydrogen (secondary N) is 1. The van der Waals surface area contributed by atoms with Crippen molar-refractivity contribution in [3.63, 3.8) is 0 Å². The first-order valence-corrected chi connectivity index (χ1v) is 9.21. The average molecular weight is 364 g/mol. The summed E-state index contributed by atoms with van der Waals surface area (Å²) in [5.41, 5.74) is 3.65. The summed E-state index contributed by atoms with van der Waals surface area (Å²) < 4.78 is 2.05. The Morgan fingerprint density at radius 2 is 1.85 bits per heavy atom. The molecule has 3 aromatic rings. The fraction of sp³-hybridized carbons (Fsp3) is 0.350. The van der Waals surface area contributed by atoms with E-state index in [9.17, 15) is 5.11 Å². The second kappa shape index (κ2) is 7.36. The number of nitrogens with zero attached hydrogens (tertiary/aromatic N) is 5. The second-order valence-electron chi connectivity index (χ2n) is 7.14. The lowest BCUT2D eigenvalue weighted by molar-refractivity contribution is 0.212. The van der Waals surface area contributed by atoms with Crippen LogP contribution in [0, 0.1) is 6.92 Å². The number of phenols is 1. The van der Waals surface area contributed by atoms with E-state index in [1.54, 1.807) is 18.3 Å². The molecule has 0 spiro atoms. The molecule has 0 radical (unpaired) electrons. The molecular weight excluding hydrogens is 340 g/mol. The molecule has 2 N–H and O–H groups in total. The number of anilines is 2. The molecular formula is C20H24N6O. The van der Waals surface area contributed by atoms with Gasteiger partial charge in [0.15, 0.2) is 0 Å². The molecule has 1 saturated heterocycles. The molecule has 1 fully saturated rings. The molecule has 1 aliphatic heterocycles. The summed E-state index contributed by atoms with van der Waals surface area (Å²) in [6.45, 7) is 4.18. The van der Waals surface area contributed by atoms with Crippen LogP contribution in [-0.2, 0) is 0 Å². The van der Waals surface area contributed by atoms with Gasteiger partial charge < -0.3 is 15.3 Å². The normalized spacial score (nSPS) is 15.8. The highest BCUT2D eigenvalue weighted by atomic mass is 16.3. The van der Waals surface area contributed by atoms with Gasteiger partial charge in [0, 0.05) is 18.0 Å². The molecule has 1 aliphatic rings. The van der Waals surface area contributed by atoms with Crippen LogP contribution in [0.25, 0.3) is 11.3 Å². The lowest BCUT2D eigenvalue weighted by Crippen LogP contribution is -2.31. The Balaban J connectivity index is 1.51. The SMILES string of the molecule is Cc1cnc(Nc2cnn(C3CCN(C)CC3)c2)nc1-c1ccc(O)cc1. The van der Waals surface area contributed by atoms with Crippen LogP contribution in [0.15, 0.2) is 42.9 Å². The Morgan fingerprint density at radius 1 is 1.11 bits per heavy atom. The maximum atomic E-state index is 9.49. The number of aromatic nitrogens is 4. The summed E-state index contributed by atoms with van der Waals surface area (Å²) >= 11 is 0. The number of hydrogen-bond acceptors (Lipinski definition) is 6. The van der Waals surface area contributed by atoms with E-state index < -0.39 is 0 Å². The predicted molar refractivity (Wildman–Crippen MR) is 105 cm³/mol. The minimum absolute atomic E-state index is 0.241. The Bertz CT molecular complexity index is 912. The zero-order valence-corrected chi connectivity index (χ0v) is 15.6. The molecule has 7 heteroatoms. The second-order valence-corrected chi connectivity index (χ2v) is 7.14. The molecule has 0 aliphatic carbocycles. The molecule has 140 valence electrons. The number of benzene rings is 1. The van der Waals surface area contributed by atoms with Crippen molar-refractivity contribution >= 4 is 11.6 Å². The third kappa shape index (κ3) is 3.93. The number of piperidine rings is 1. The van der Waals surface area contributed by atoms with E-state index in [0.29, 0.717) is 12.0 Å². The van der Waals surface area contributed by atoms with Crippen LogP contribution in [0.2, 0.25) is 0 Å². The molecule has 1 aromatic carbocycles. The maximum Gasteiger partial charge on any atom is 0.227 e. The smallest absolute Gasteiger partial charge is 0.227 e. The van der Waals surface area contributed by atoms with E-state index in [-0.39, 0.29) is 5.75 Å². The first-order chi connectivity index (χ1) is 13.1. The van der Waals surface area contributed by atoms with Gasteiger partial charge in [-0.05, 0) is 69.7 Å². The van der Waals surface area contributed by atoms with Crippen molar-refractivity contribution < 1.29 is 5.11 Å². The minimum Gasteiger partial charge on any atom is -0.508 e. The van der Waals surface area contributed by atoms with Gasteiger partial charge in [0.1, 0.15) is 5.75 Å². The standard InChI is InChI=1S/C20H24N6O/c1-14-11-21-20(24-19(14)15-3-5-18(27)6-4-15)23-16-12-22-26(13-16)17-7-9-25(2)10-8-17/h3-6,11-13,17,27H,7-10H2,1-2H3,(H,21,23,24). The molecule has 27 heavy (non-hydrogen) atoms. The van der Waals surface area contributed by atoms with Crippen molar-refractivity contribution in [2.45, 2.75) is 25.8 Å². The summed E-state index contributed by atoms with van der Waals surface area (Å²) in [5, 5.41) is 17.3. The molecule has 0 unspecified atom stereocenters. The largest absolute Gasteiger partial charge is 0.508 e. The Kier molecular flexibility index (Phi) is 4.77. The van der Waals surface area contributed by atoms with Crippen molar-refractivity contribution in [1.82, 2.24) is 24.6 Å². The monoisotopic (exact) mass is 364 g/mol. The van der Waals surface area contributed by atoms with Gasteiger partial charge in [0.2, 0.25) is 5.95 Å². The minimum atomic E-state index is 0.241. The highest BCUT2D eigenvalue weighted by Gasteiger charge is 2.19. The number of aromatic hydroxyl groups is 1. The van der Waals surface area contributed by atoms with Gasteiger partial charge in [-0.25, -0.2) is 9.97 Å². The molecule has 0 bridgehead atoms. The summed E-state index contributed by atoms with van der Waals surface area (Å²) in [7, 11) is 2.16. The van der Waals surface area contributed by atoms with Crippen molar-refractivity contribution in [2.75, 3.05) is 25.5 Å². The van der Waals surface area contributed by atoms with Gasteiger partial charge >= 0.3 is 0 Å². The number of likely N-dealkylation sites (tertiary alicyclic amines) is 1. The average Bonchev–Trinajstić information content (AvgIpc) is 3.13. The summed E-state index contributed by atoms with van der Waals surface area (Å²) in [4.78, 5) is 11.4. The van der Waals surface area contributed by atoms with E-state index in [4.69, 9.17) is 0 Å². The molecule has 7 nitrogen and oxygen atoms in total. The van der Waals surface area contributed by atoms with Crippen LogP contribution in [-0.4, -0.2) is 49.9 Å². The Labute approximate surface area is 158 Å². The van der Waals surface area contributed by atoms with Crippen molar-refractivity contribution in [1.29, 1.82) is 0 Å². The van der Waals surface area contributed by atoms with E-state index in [1.165, 1.54) is 0 Å². The third-order valence-electron chi connectivity index (χ3n) is 5.03. The van der Waals surface area contributed by atoms with Gasteiger partial charge in [0.25, 0.3) is 0 Å². The first kappa shape index (κ1) is 17.5. The van der Waals surface area contributed by atoms with Crippen molar-refractivity contribution in [3.8, 4) is 17.0 Å². The molecule has 3 heterocycles. The highest BCUT2D eigenvalue weighted by Crippen LogP contribution is 2.26. The molecule has 0 atom stereocenters. The van der Waals surface area contributed by atoms with Gasteiger partial charge in [-0.3, -0.25) is 4.68 Å². The number of rotatable bonds is 4. The van der Waals surface area contributed by atoms with Gasteiger partial charge in [-0.2, -0.15) is 5.10 Å². The molecule has 0 saturated carbocycles. The van der Waals surface area contributed by atoms with Crippen LogP contribution in [0.1, 0.15) is 24.4 Å². The molecule has 4 rings (SSSR count). The summed E-state index contributed by atoms with van der Waals surface area (Å²) in [6.07, 6.45) is 7.88. The zero-order chi connectivity index (χ0) is 18.8. The van der Waals surface area contributed by atoms with Crippen LogP contribution in [0.4, 0.5) is 11.6 Å². The van der Waals surface area contributed by atoms with Crippen LogP contribution >= 0.6 is 0 Å². The zero-order valence-electron chi connectivity index (χ0n) is 15.6. The van der Waals surface area contributed by atoms with E-state index >= 15 is 0 Å². The fourth-order valence-electron chi connectivity index (χ4n) is 3.40. The predicted octanol–water partition coefficient (Wildman–Crippen LogP) is 3.36. The van der Waals surface area contributed by atoms with Crippen molar-refractivity contribution in [3.05, 3.63) is 48.4 Å². The number of aryl methyl sites for hydroxylation is 1. The summed E-state index contributed by atoms with van der Waals surface area (Å²) in [6, 6.07) is 7.48. The highest BCUT2D eigenvalue weighted by molar-refractivity contribution is 5.65. The van der Waals surface area contributed by atoms with Crippen molar-refractivity contribution in [2.24, 2.45) is 0 Å². The number of phenolic OH excluding ortho intramolecular Hbond substituents is 1. The van der Waals surface area contributed by atoms with Gasteiger partial charge in [-0.15, -0.1) is 0 Å². The van der Waals surface area contributed by atoms with Gasteiger partial charge in [0.05, 0.1) is 23.6 Å².